The van der Waals surface area contributed by atoms with Crippen molar-refractivity contribution in [3.05, 3.63) is 65.3 Å². The fourth-order valence-corrected chi connectivity index (χ4v) is 5.65. The number of carbonyl (C=O) groups excluding carboxylic acids is 2. The standard InChI is InChI=1S/C32H41N5O4/c1-20-12-22(8-9-23(20)15-34-29(38)26-14-28(41-35-26)31(2,3)4)25-10-11-33-16-27(25)36-17-21-13-24(19-36)37(18-21)30(39)40-32(5,6)7/h8-12,14,16,21,24H,13,15,17-19H2,1-7H3,(H,34,38). The van der Waals surface area contributed by atoms with Crippen LogP contribution in [0.1, 0.15) is 75.3 Å². The Morgan fingerprint density at radius 3 is 2.54 bits per heavy atom. The van der Waals surface area contributed by atoms with E-state index in [1.54, 1.807) is 6.07 Å². The van der Waals surface area contributed by atoms with Crippen LogP contribution in [-0.2, 0) is 16.7 Å². The Morgan fingerprint density at radius 1 is 1.07 bits per heavy atom. The highest BCUT2D eigenvalue weighted by atomic mass is 16.6. The van der Waals surface area contributed by atoms with Crippen LogP contribution in [0, 0.1) is 12.8 Å². The molecular weight excluding hydrogens is 518 g/mol. The van der Waals surface area contributed by atoms with E-state index in [0.29, 0.717) is 18.2 Å². The predicted octanol–water partition coefficient (Wildman–Crippen LogP) is 5.72. The molecule has 2 bridgehead atoms. The fraction of sp³-hybridized carbons (Fsp3) is 0.500. The summed E-state index contributed by atoms with van der Waals surface area (Å²) in [6.07, 6.45) is 4.51. The van der Waals surface area contributed by atoms with E-state index in [-0.39, 0.29) is 29.2 Å². The van der Waals surface area contributed by atoms with Gasteiger partial charge in [0, 0.05) is 49.4 Å². The third-order valence-corrected chi connectivity index (χ3v) is 7.75. The smallest absolute Gasteiger partial charge is 0.410 e. The third kappa shape index (κ3) is 6.39. The second kappa shape index (κ2) is 10.8. The first-order valence-corrected chi connectivity index (χ1v) is 14.3. The van der Waals surface area contributed by atoms with Gasteiger partial charge in [0.2, 0.25) is 0 Å². The number of aromatic nitrogens is 2. The number of pyridine rings is 1. The van der Waals surface area contributed by atoms with Crippen LogP contribution in [0.25, 0.3) is 11.1 Å². The molecule has 1 aromatic carbocycles. The number of rotatable bonds is 5. The monoisotopic (exact) mass is 559 g/mol. The zero-order valence-electron chi connectivity index (χ0n) is 25.2. The van der Waals surface area contributed by atoms with Crippen molar-refractivity contribution in [3.63, 3.8) is 0 Å². The number of hydrogen-bond acceptors (Lipinski definition) is 7. The van der Waals surface area contributed by atoms with Crippen molar-refractivity contribution in [1.82, 2.24) is 20.4 Å². The average molecular weight is 560 g/mol. The highest BCUT2D eigenvalue weighted by Crippen LogP contribution is 2.37. The summed E-state index contributed by atoms with van der Waals surface area (Å²) in [6, 6.07) is 10.2. The lowest BCUT2D eigenvalue weighted by Gasteiger charge is -2.35. The summed E-state index contributed by atoms with van der Waals surface area (Å²) in [5.41, 5.74) is 4.92. The van der Waals surface area contributed by atoms with Gasteiger partial charge >= 0.3 is 6.09 Å². The number of likely N-dealkylation sites (tertiary alicyclic amines) is 1. The Kier molecular flexibility index (Phi) is 7.57. The van der Waals surface area contributed by atoms with Crippen LogP contribution in [0.4, 0.5) is 10.5 Å². The van der Waals surface area contributed by atoms with Crippen molar-refractivity contribution >= 4 is 17.7 Å². The highest BCUT2D eigenvalue weighted by molar-refractivity contribution is 5.92. The summed E-state index contributed by atoms with van der Waals surface area (Å²) in [5, 5.41) is 6.91. The van der Waals surface area contributed by atoms with E-state index >= 15 is 0 Å². The quantitative estimate of drug-likeness (QED) is 0.427. The van der Waals surface area contributed by atoms with Crippen molar-refractivity contribution in [2.75, 3.05) is 24.5 Å². The number of amides is 2. The second-order valence-corrected chi connectivity index (χ2v) is 13.3. The number of piperidine rings is 1. The molecule has 0 radical (unpaired) electrons. The van der Waals surface area contributed by atoms with E-state index in [1.165, 1.54) is 0 Å². The van der Waals surface area contributed by atoms with E-state index < -0.39 is 5.60 Å². The summed E-state index contributed by atoms with van der Waals surface area (Å²) in [4.78, 5) is 34.3. The van der Waals surface area contributed by atoms with Crippen LogP contribution in [0.3, 0.4) is 0 Å². The molecular formula is C32H41N5O4. The van der Waals surface area contributed by atoms with Gasteiger partial charge in [-0.25, -0.2) is 4.79 Å². The van der Waals surface area contributed by atoms with E-state index in [0.717, 1.165) is 54.0 Å². The van der Waals surface area contributed by atoms with Crippen LogP contribution >= 0.6 is 0 Å². The molecule has 9 heteroatoms. The molecule has 2 amide bonds. The molecule has 2 unspecified atom stereocenters. The molecule has 3 aromatic rings. The molecule has 2 aliphatic heterocycles. The minimum Gasteiger partial charge on any atom is -0.444 e. The topological polar surface area (TPSA) is 101 Å². The zero-order chi connectivity index (χ0) is 29.5. The normalized spacial score (nSPS) is 18.9. The largest absolute Gasteiger partial charge is 0.444 e. The van der Waals surface area contributed by atoms with E-state index in [2.05, 4.69) is 45.5 Å². The SMILES string of the molecule is Cc1cc(-c2ccncc2N2CC3CC(C2)N(C(=O)OC(C)(C)C)C3)ccc1CNC(=O)c1cc(C(C)(C)C)on1. The zero-order valence-corrected chi connectivity index (χ0v) is 25.2. The molecule has 9 nitrogen and oxygen atoms in total. The number of nitrogens with one attached hydrogen (secondary N) is 1. The van der Waals surface area contributed by atoms with Gasteiger partial charge in [-0.05, 0) is 62.8 Å². The van der Waals surface area contributed by atoms with Gasteiger partial charge in [-0.1, -0.05) is 44.1 Å². The molecule has 2 atom stereocenters. The number of aryl methyl sites for hydroxylation is 1. The third-order valence-electron chi connectivity index (χ3n) is 7.75. The maximum Gasteiger partial charge on any atom is 0.410 e. The number of hydrogen-bond donors (Lipinski definition) is 1. The van der Waals surface area contributed by atoms with Crippen molar-refractivity contribution in [2.24, 2.45) is 5.92 Å². The summed E-state index contributed by atoms with van der Waals surface area (Å²) in [6.45, 7) is 16.5. The molecule has 41 heavy (non-hydrogen) atoms. The van der Waals surface area contributed by atoms with Gasteiger partial charge < -0.3 is 24.4 Å². The van der Waals surface area contributed by atoms with Crippen LogP contribution in [0.15, 0.2) is 47.2 Å². The molecule has 2 aliphatic rings. The van der Waals surface area contributed by atoms with Gasteiger partial charge in [0.15, 0.2) is 5.69 Å². The first-order chi connectivity index (χ1) is 19.3. The molecule has 218 valence electrons. The van der Waals surface area contributed by atoms with E-state index in [4.69, 9.17) is 9.26 Å². The Balaban J connectivity index is 1.28. The van der Waals surface area contributed by atoms with E-state index in [1.807, 2.05) is 64.9 Å². The molecule has 2 saturated heterocycles. The predicted molar refractivity (Wildman–Crippen MR) is 158 cm³/mol. The first kappa shape index (κ1) is 28.6. The van der Waals surface area contributed by atoms with Gasteiger partial charge in [0.25, 0.3) is 5.91 Å². The minimum absolute atomic E-state index is 0.119. The number of carbonyl (C=O) groups is 2. The molecule has 0 spiro atoms. The van der Waals surface area contributed by atoms with Gasteiger partial charge in [0.1, 0.15) is 11.4 Å². The summed E-state index contributed by atoms with van der Waals surface area (Å²) in [7, 11) is 0. The maximum atomic E-state index is 12.9. The summed E-state index contributed by atoms with van der Waals surface area (Å²) >= 11 is 0. The summed E-state index contributed by atoms with van der Waals surface area (Å²) < 4.78 is 11.0. The van der Waals surface area contributed by atoms with Crippen LogP contribution in [0.2, 0.25) is 0 Å². The Bertz CT molecular complexity index is 1430. The maximum absolute atomic E-state index is 12.9. The lowest BCUT2D eigenvalue weighted by Crippen LogP contribution is -2.45. The van der Waals surface area contributed by atoms with Crippen LogP contribution < -0.4 is 10.2 Å². The fourth-order valence-electron chi connectivity index (χ4n) is 5.65. The molecule has 0 saturated carbocycles. The number of nitrogens with zero attached hydrogens (tertiary/aromatic N) is 4. The molecule has 4 heterocycles. The molecule has 0 aliphatic carbocycles. The van der Waals surface area contributed by atoms with Gasteiger partial charge in [-0.3, -0.25) is 9.78 Å². The van der Waals surface area contributed by atoms with Crippen molar-refractivity contribution in [3.8, 4) is 11.1 Å². The lowest BCUT2D eigenvalue weighted by atomic mass is 9.93. The minimum atomic E-state index is -0.511. The molecule has 2 aromatic heterocycles. The van der Waals surface area contributed by atoms with Crippen LogP contribution in [0.5, 0.6) is 0 Å². The number of anilines is 1. The second-order valence-electron chi connectivity index (χ2n) is 13.3. The van der Waals surface area contributed by atoms with Gasteiger partial charge in [-0.2, -0.15) is 0 Å². The Hall–Kier alpha value is -3.88. The molecule has 2 fully saturated rings. The number of fused-ring (bicyclic) bond motifs is 2. The van der Waals surface area contributed by atoms with E-state index in [9.17, 15) is 9.59 Å². The number of benzene rings is 1. The average Bonchev–Trinajstić information content (AvgIpc) is 3.51. The molecule has 5 rings (SSSR count). The Morgan fingerprint density at radius 2 is 1.85 bits per heavy atom. The first-order valence-electron chi connectivity index (χ1n) is 14.3. The lowest BCUT2D eigenvalue weighted by molar-refractivity contribution is 0.0233. The van der Waals surface area contributed by atoms with Gasteiger partial charge in [-0.15, -0.1) is 0 Å². The van der Waals surface area contributed by atoms with Crippen molar-refractivity contribution < 1.29 is 18.8 Å². The Labute approximate surface area is 242 Å². The van der Waals surface area contributed by atoms with Crippen molar-refractivity contribution in [2.45, 2.75) is 78.5 Å². The summed E-state index contributed by atoms with van der Waals surface area (Å²) in [5.74, 6) is 0.811. The van der Waals surface area contributed by atoms with Crippen LogP contribution in [-0.4, -0.2) is 58.3 Å². The van der Waals surface area contributed by atoms with Crippen molar-refractivity contribution in [1.29, 1.82) is 0 Å². The highest BCUT2D eigenvalue weighted by Gasteiger charge is 2.42. The van der Waals surface area contributed by atoms with Gasteiger partial charge in [0.05, 0.1) is 17.9 Å². The number of ether oxygens (including phenoxy) is 1. The molecule has 1 N–H and O–H groups in total.